The summed E-state index contributed by atoms with van der Waals surface area (Å²) in [4.78, 5) is 13.1. The molecule has 0 spiro atoms. The molecule has 1 aliphatic rings. The summed E-state index contributed by atoms with van der Waals surface area (Å²) in [7, 11) is 1.60. The van der Waals surface area contributed by atoms with Gasteiger partial charge in [-0.25, -0.2) is 0 Å². The quantitative estimate of drug-likeness (QED) is 0.694. The second-order valence-electron chi connectivity index (χ2n) is 6.39. The number of nitrogens with two attached hydrogens (primary N) is 1. The van der Waals surface area contributed by atoms with E-state index in [4.69, 9.17) is 19.9 Å². The molecular weight excluding hydrogens is 322 g/mol. The Hall–Kier alpha value is -2.09. The zero-order valence-electron chi connectivity index (χ0n) is 15.0. The molecule has 0 saturated carbocycles. The fraction of sp³-hybridized carbons (Fsp3) is 0.706. The van der Waals surface area contributed by atoms with Crippen molar-refractivity contribution in [1.82, 2.24) is 19.5 Å². The minimum atomic E-state index is 0.298. The van der Waals surface area contributed by atoms with Gasteiger partial charge >= 0.3 is 6.01 Å². The molecule has 3 heterocycles. The zero-order chi connectivity index (χ0) is 17.6. The van der Waals surface area contributed by atoms with Crippen LogP contribution in [0.1, 0.15) is 39.0 Å². The van der Waals surface area contributed by atoms with Crippen molar-refractivity contribution in [2.75, 3.05) is 32.7 Å². The Morgan fingerprint density at radius 3 is 2.88 bits per heavy atom. The third-order valence-electron chi connectivity index (χ3n) is 4.50. The van der Waals surface area contributed by atoms with E-state index in [1.807, 2.05) is 4.57 Å². The van der Waals surface area contributed by atoms with Crippen LogP contribution in [0.25, 0.3) is 11.2 Å². The summed E-state index contributed by atoms with van der Waals surface area (Å²) in [5, 5.41) is 0. The van der Waals surface area contributed by atoms with Crippen LogP contribution in [-0.2, 0) is 11.3 Å². The predicted molar refractivity (Wildman–Crippen MR) is 94.9 cm³/mol. The highest BCUT2D eigenvalue weighted by Crippen LogP contribution is 2.27. The average molecular weight is 349 g/mol. The van der Waals surface area contributed by atoms with Gasteiger partial charge in [0.15, 0.2) is 17.0 Å². The number of hydrogen-bond acceptors (Lipinski definition) is 7. The van der Waals surface area contributed by atoms with Crippen LogP contribution in [0.15, 0.2) is 0 Å². The van der Waals surface area contributed by atoms with Gasteiger partial charge in [-0.15, -0.1) is 0 Å². The van der Waals surface area contributed by atoms with Gasteiger partial charge in [-0.2, -0.15) is 15.0 Å². The maximum absolute atomic E-state index is 6.05. The lowest BCUT2D eigenvalue weighted by Gasteiger charge is -2.10. The molecule has 0 bridgehead atoms. The molecule has 2 aromatic rings. The van der Waals surface area contributed by atoms with Crippen LogP contribution in [0.3, 0.4) is 0 Å². The van der Waals surface area contributed by atoms with Crippen molar-refractivity contribution in [3.05, 3.63) is 0 Å². The number of aromatic nitrogens is 4. The van der Waals surface area contributed by atoms with Gasteiger partial charge in [-0.3, -0.25) is 4.57 Å². The zero-order valence-corrected chi connectivity index (χ0v) is 15.0. The standard InChI is InChI=1S/C17H27N5O3/c1-3-4-9-25-16-20-14(18)13-15(21-16)22(17(19-13)23-2)8-5-6-12-7-10-24-11-12/h12H,3-11H2,1-2H3,(H2,18,20,21). The van der Waals surface area contributed by atoms with Crippen molar-refractivity contribution >= 4 is 17.0 Å². The van der Waals surface area contributed by atoms with E-state index >= 15 is 0 Å². The molecule has 0 aliphatic carbocycles. The number of ether oxygens (including phenoxy) is 3. The van der Waals surface area contributed by atoms with Gasteiger partial charge in [0.1, 0.15) is 0 Å². The molecule has 1 saturated heterocycles. The molecule has 0 radical (unpaired) electrons. The Balaban J connectivity index is 1.78. The number of imidazole rings is 1. The smallest absolute Gasteiger partial charge is 0.320 e. The number of methoxy groups -OCH3 is 1. The van der Waals surface area contributed by atoms with Crippen molar-refractivity contribution in [2.24, 2.45) is 5.92 Å². The number of anilines is 1. The molecule has 0 aromatic carbocycles. The largest absolute Gasteiger partial charge is 0.468 e. The summed E-state index contributed by atoms with van der Waals surface area (Å²) < 4.78 is 18.4. The average Bonchev–Trinajstić information content (AvgIpc) is 3.24. The Labute approximate surface area is 147 Å². The van der Waals surface area contributed by atoms with Gasteiger partial charge < -0.3 is 19.9 Å². The second kappa shape index (κ2) is 8.33. The predicted octanol–water partition coefficient (Wildman–Crippen LogP) is 2.41. The van der Waals surface area contributed by atoms with Crippen LogP contribution in [0.4, 0.5) is 5.82 Å². The lowest BCUT2D eigenvalue weighted by molar-refractivity contribution is 0.183. The van der Waals surface area contributed by atoms with Gasteiger partial charge in [0, 0.05) is 19.8 Å². The Bertz CT molecular complexity index is 697. The van der Waals surface area contributed by atoms with Crippen LogP contribution in [0.5, 0.6) is 12.0 Å². The lowest BCUT2D eigenvalue weighted by Crippen LogP contribution is -2.07. The molecule has 2 aromatic heterocycles. The molecule has 2 N–H and O–H groups in total. The molecule has 0 amide bonds. The van der Waals surface area contributed by atoms with E-state index in [2.05, 4.69) is 21.9 Å². The fourth-order valence-electron chi connectivity index (χ4n) is 3.06. The van der Waals surface area contributed by atoms with Crippen molar-refractivity contribution in [3.8, 4) is 12.0 Å². The highest BCUT2D eigenvalue weighted by Gasteiger charge is 2.19. The molecule has 25 heavy (non-hydrogen) atoms. The maximum atomic E-state index is 6.05. The molecule has 1 aliphatic heterocycles. The van der Waals surface area contributed by atoms with Crippen LogP contribution >= 0.6 is 0 Å². The minimum Gasteiger partial charge on any atom is -0.468 e. The molecule has 3 rings (SSSR count). The molecule has 8 heteroatoms. The van der Waals surface area contributed by atoms with E-state index in [-0.39, 0.29) is 0 Å². The third-order valence-corrected chi connectivity index (χ3v) is 4.50. The van der Waals surface area contributed by atoms with E-state index < -0.39 is 0 Å². The molecule has 138 valence electrons. The summed E-state index contributed by atoms with van der Waals surface area (Å²) in [6.07, 6.45) is 5.27. The minimum absolute atomic E-state index is 0.298. The van der Waals surface area contributed by atoms with Gasteiger partial charge in [-0.1, -0.05) is 13.3 Å². The molecule has 1 unspecified atom stereocenters. The Morgan fingerprint density at radius 1 is 1.28 bits per heavy atom. The Kier molecular flexibility index (Phi) is 5.91. The lowest BCUT2D eigenvalue weighted by atomic mass is 10.0. The monoisotopic (exact) mass is 349 g/mol. The summed E-state index contributed by atoms with van der Waals surface area (Å²) in [6, 6.07) is 0.802. The first-order valence-electron chi connectivity index (χ1n) is 9.01. The first kappa shape index (κ1) is 17.7. The highest BCUT2D eigenvalue weighted by atomic mass is 16.5. The first-order chi connectivity index (χ1) is 12.2. The first-order valence-corrected chi connectivity index (χ1v) is 9.01. The van der Waals surface area contributed by atoms with E-state index in [1.165, 1.54) is 0 Å². The van der Waals surface area contributed by atoms with Crippen LogP contribution < -0.4 is 15.2 Å². The summed E-state index contributed by atoms with van der Waals surface area (Å²) in [6.45, 7) is 5.20. The number of nitrogens with zero attached hydrogens (tertiary/aromatic N) is 4. The third kappa shape index (κ3) is 4.12. The Morgan fingerprint density at radius 2 is 2.16 bits per heavy atom. The topological polar surface area (TPSA) is 97.3 Å². The second-order valence-corrected chi connectivity index (χ2v) is 6.39. The van der Waals surface area contributed by atoms with Crippen molar-refractivity contribution in [2.45, 2.75) is 45.6 Å². The van der Waals surface area contributed by atoms with Crippen LogP contribution in [0, 0.1) is 5.92 Å². The molecule has 8 nitrogen and oxygen atoms in total. The number of aryl methyl sites for hydroxylation is 1. The molecule has 1 atom stereocenters. The fourth-order valence-corrected chi connectivity index (χ4v) is 3.06. The summed E-state index contributed by atoms with van der Waals surface area (Å²) >= 11 is 0. The normalized spacial score (nSPS) is 17.3. The summed E-state index contributed by atoms with van der Waals surface area (Å²) in [5.41, 5.74) is 7.27. The van der Waals surface area contributed by atoms with Gasteiger partial charge in [0.25, 0.3) is 6.01 Å². The van der Waals surface area contributed by atoms with E-state index in [0.29, 0.717) is 41.5 Å². The summed E-state index contributed by atoms with van der Waals surface area (Å²) in [5.74, 6) is 0.964. The molecular formula is C17H27N5O3. The SMILES string of the molecule is CCCCOc1nc(N)c2nc(OC)n(CCCC3CCOC3)c2n1. The van der Waals surface area contributed by atoms with E-state index in [1.54, 1.807) is 7.11 Å². The number of fused-ring (bicyclic) bond motifs is 1. The van der Waals surface area contributed by atoms with Crippen LogP contribution in [-0.4, -0.2) is 46.4 Å². The highest BCUT2D eigenvalue weighted by molar-refractivity contribution is 5.83. The number of nitrogen functional groups attached to an aromatic ring is 1. The maximum Gasteiger partial charge on any atom is 0.320 e. The molecule has 1 fully saturated rings. The van der Waals surface area contributed by atoms with Crippen molar-refractivity contribution in [1.29, 1.82) is 0 Å². The van der Waals surface area contributed by atoms with Gasteiger partial charge in [0.05, 0.1) is 13.7 Å². The number of rotatable bonds is 9. The van der Waals surface area contributed by atoms with Gasteiger partial charge in [0.2, 0.25) is 0 Å². The van der Waals surface area contributed by atoms with Gasteiger partial charge in [-0.05, 0) is 31.6 Å². The van der Waals surface area contributed by atoms with Crippen LogP contribution in [0.2, 0.25) is 0 Å². The van der Waals surface area contributed by atoms with Crippen molar-refractivity contribution in [3.63, 3.8) is 0 Å². The van der Waals surface area contributed by atoms with Crippen molar-refractivity contribution < 1.29 is 14.2 Å². The van der Waals surface area contributed by atoms with E-state index in [9.17, 15) is 0 Å². The number of unbranched alkanes of at least 4 members (excludes halogenated alkanes) is 1. The number of hydrogen-bond donors (Lipinski definition) is 1. The van der Waals surface area contributed by atoms with E-state index in [0.717, 1.165) is 51.9 Å².